The van der Waals surface area contributed by atoms with Crippen LogP contribution < -0.4 is 0 Å². The van der Waals surface area contributed by atoms with Gasteiger partial charge in [0.1, 0.15) is 0 Å². The van der Waals surface area contributed by atoms with Crippen molar-refractivity contribution in [3.05, 3.63) is 224 Å². The van der Waals surface area contributed by atoms with Crippen LogP contribution in [-0.2, 0) is 0 Å². The Kier molecular flexibility index (Phi) is 9.02. The molecule has 9 aromatic carbocycles. The first-order chi connectivity index (χ1) is 31.2. The van der Waals surface area contributed by atoms with Gasteiger partial charge in [0.25, 0.3) is 0 Å². The molecule has 0 bridgehead atoms. The minimum absolute atomic E-state index is 0.692. The van der Waals surface area contributed by atoms with Crippen LogP contribution in [0.15, 0.2) is 224 Å². The fourth-order valence-corrected chi connectivity index (χ4v) is 10.1. The maximum atomic E-state index is 5.27. The van der Waals surface area contributed by atoms with Gasteiger partial charge < -0.3 is 0 Å². The van der Waals surface area contributed by atoms with E-state index in [-0.39, 0.29) is 0 Å². The third-order valence-electron chi connectivity index (χ3n) is 12.1. The molecule has 294 valence electrons. The monoisotopic (exact) mass is 819 g/mol. The topological polar surface area (TPSA) is 38.7 Å². The van der Waals surface area contributed by atoms with Gasteiger partial charge in [0, 0.05) is 58.6 Å². The van der Waals surface area contributed by atoms with Crippen molar-refractivity contribution in [1.29, 1.82) is 0 Å². The van der Waals surface area contributed by atoms with E-state index in [0.29, 0.717) is 5.82 Å². The number of fused-ring (bicyclic) bond motifs is 7. The van der Waals surface area contributed by atoms with Gasteiger partial charge >= 0.3 is 0 Å². The van der Waals surface area contributed by atoms with Gasteiger partial charge in [-0.1, -0.05) is 206 Å². The van der Waals surface area contributed by atoms with Crippen LogP contribution in [0.5, 0.6) is 0 Å². The molecule has 12 rings (SSSR count). The van der Waals surface area contributed by atoms with Gasteiger partial charge in [-0.2, -0.15) is 0 Å². The van der Waals surface area contributed by atoms with Crippen LogP contribution in [0.4, 0.5) is 0 Å². The Morgan fingerprint density at radius 1 is 0.286 bits per heavy atom. The lowest BCUT2D eigenvalue weighted by atomic mass is 9.96. The molecule has 3 aromatic heterocycles. The number of hydrogen-bond acceptors (Lipinski definition) is 4. The molecule has 0 aliphatic heterocycles. The van der Waals surface area contributed by atoms with E-state index < -0.39 is 0 Å². The number of benzene rings is 9. The molecular formula is C59H37N3S. The van der Waals surface area contributed by atoms with Crippen molar-refractivity contribution in [2.75, 3.05) is 0 Å². The average Bonchev–Trinajstić information content (AvgIpc) is 3.76. The molecule has 0 aliphatic rings. The molecule has 0 N–H and O–H groups in total. The maximum absolute atomic E-state index is 5.27. The molecular weight excluding hydrogens is 783 g/mol. The number of thiophene rings is 1. The molecule has 0 atom stereocenters. The first-order valence-electron chi connectivity index (χ1n) is 21.2. The highest BCUT2D eigenvalue weighted by Crippen LogP contribution is 2.43. The lowest BCUT2D eigenvalue weighted by molar-refractivity contribution is 1.18. The summed E-state index contributed by atoms with van der Waals surface area (Å²) in [5.41, 5.74) is 14.9. The number of hydrogen-bond donors (Lipinski definition) is 0. The second kappa shape index (κ2) is 15.4. The van der Waals surface area contributed by atoms with Gasteiger partial charge in [-0.25, -0.2) is 15.0 Å². The summed E-state index contributed by atoms with van der Waals surface area (Å²) >= 11 is 1.87. The summed E-state index contributed by atoms with van der Waals surface area (Å²) in [6.45, 7) is 0. The number of nitrogens with zero attached hydrogens (tertiary/aromatic N) is 3. The van der Waals surface area contributed by atoms with Gasteiger partial charge in [-0.15, -0.1) is 11.3 Å². The molecule has 4 heteroatoms. The first kappa shape index (κ1) is 36.8. The zero-order valence-corrected chi connectivity index (χ0v) is 34.9. The van der Waals surface area contributed by atoms with E-state index in [1.54, 1.807) is 0 Å². The highest BCUT2D eigenvalue weighted by Gasteiger charge is 2.17. The summed E-state index contributed by atoms with van der Waals surface area (Å²) in [5.74, 6) is 0.692. The smallest absolute Gasteiger partial charge is 0.160 e. The van der Waals surface area contributed by atoms with Gasteiger partial charge in [0.2, 0.25) is 0 Å². The van der Waals surface area contributed by atoms with E-state index in [1.165, 1.54) is 53.0 Å². The maximum Gasteiger partial charge on any atom is 0.160 e. The fraction of sp³-hybridized carbons (Fsp3) is 0. The molecule has 0 spiro atoms. The Bertz CT molecular complexity index is 3520. The predicted molar refractivity (Wildman–Crippen MR) is 266 cm³/mol. The van der Waals surface area contributed by atoms with Crippen LogP contribution in [-0.4, -0.2) is 15.0 Å². The molecule has 0 radical (unpaired) electrons. The lowest BCUT2D eigenvalue weighted by Crippen LogP contribution is -1.96. The van der Waals surface area contributed by atoms with Crippen LogP contribution in [0.2, 0.25) is 0 Å². The first-order valence-corrected chi connectivity index (χ1v) is 22.1. The van der Waals surface area contributed by atoms with Gasteiger partial charge in [0.15, 0.2) is 5.82 Å². The van der Waals surface area contributed by atoms with E-state index in [2.05, 4.69) is 212 Å². The van der Waals surface area contributed by atoms with Crippen LogP contribution >= 0.6 is 11.3 Å². The van der Waals surface area contributed by atoms with Crippen molar-refractivity contribution in [2.24, 2.45) is 0 Å². The fourth-order valence-electron chi connectivity index (χ4n) is 8.87. The van der Waals surface area contributed by atoms with E-state index in [0.717, 1.165) is 61.5 Å². The van der Waals surface area contributed by atoms with E-state index in [9.17, 15) is 0 Å². The number of rotatable bonds is 7. The van der Waals surface area contributed by atoms with Crippen molar-refractivity contribution in [3.63, 3.8) is 0 Å². The van der Waals surface area contributed by atoms with Crippen molar-refractivity contribution >= 4 is 53.2 Å². The Morgan fingerprint density at radius 3 is 1.29 bits per heavy atom. The molecule has 63 heavy (non-hydrogen) atoms. The zero-order valence-electron chi connectivity index (χ0n) is 34.1. The van der Waals surface area contributed by atoms with Gasteiger partial charge in [0.05, 0.1) is 22.6 Å². The van der Waals surface area contributed by atoms with E-state index in [4.69, 9.17) is 15.0 Å². The van der Waals surface area contributed by atoms with Crippen LogP contribution in [0.25, 0.3) is 120 Å². The van der Waals surface area contributed by atoms with Crippen LogP contribution in [0.1, 0.15) is 0 Å². The standard InChI is InChI=1S/C59H37N3S/c1-3-11-38(12-4-1)40-19-27-44(28-20-40)53-37-54(62-59(61-53)47-33-25-41(26-34-47)39-13-5-2-6-14-39)45-29-21-42(22-30-45)43-23-31-46(32-24-43)57-51-36-35-49-48-15-8-10-18-55(48)63-58(49)56(51)50-16-7-9-17-52(50)60-57/h1-37H. The summed E-state index contributed by atoms with van der Waals surface area (Å²) in [5, 5.41) is 6.25. The minimum Gasteiger partial charge on any atom is -0.247 e. The molecule has 0 fully saturated rings. The molecule has 0 amide bonds. The Balaban J connectivity index is 0.892. The van der Waals surface area contributed by atoms with E-state index in [1.807, 2.05) is 23.5 Å². The van der Waals surface area contributed by atoms with E-state index >= 15 is 0 Å². The molecule has 0 saturated carbocycles. The van der Waals surface area contributed by atoms with Crippen molar-refractivity contribution in [3.8, 4) is 78.5 Å². The molecule has 3 nitrogen and oxygen atoms in total. The molecule has 0 saturated heterocycles. The highest BCUT2D eigenvalue weighted by molar-refractivity contribution is 7.26. The molecule has 0 unspecified atom stereocenters. The number of pyridine rings is 1. The zero-order chi connectivity index (χ0) is 41.7. The molecule has 3 heterocycles. The third kappa shape index (κ3) is 6.74. The van der Waals surface area contributed by atoms with Crippen molar-refractivity contribution < 1.29 is 0 Å². The predicted octanol–water partition coefficient (Wildman–Crippen LogP) is 16.2. The molecule has 12 aromatic rings. The van der Waals surface area contributed by atoms with Crippen LogP contribution in [0, 0.1) is 0 Å². The Morgan fingerprint density at radius 2 is 0.714 bits per heavy atom. The summed E-state index contributed by atoms with van der Waals surface area (Å²) in [6, 6.07) is 79.6. The Labute approximate surface area is 369 Å². The van der Waals surface area contributed by atoms with Gasteiger partial charge in [-0.3, -0.25) is 0 Å². The summed E-state index contributed by atoms with van der Waals surface area (Å²) < 4.78 is 2.62. The van der Waals surface area contributed by atoms with Gasteiger partial charge in [-0.05, 0) is 51.6 Å². The lowest BCUT2D eigenvalue weighted by Gasteiger charge is -2.12. The second-order valence-corrected chi connectivity index (χ2v) is 17.0. The SMILES string of the molecule is c1ccc(-c2ccc(-c3cc(-c4ccc(-c5ccc(-c6nc7ccccc7c7c6ccc6c8ccccc8sc67)cc5)cc4)nc(-c4ccc(-c5ccccc5)cc4)n3)cc2)cc1. The normalized spacial score (nSPS) is 11.5. The third-order valence-corrected chi connectivity index (χ3v) is 13.3. The summed E-state index contributed by atoms with van der Waals surface area (Å²) in [6.07, 6.45) is 0. The largest absolute Gasteiger partial charge is 0.247 e. The van der Waals surface area contributed by atoms with Crippen molar-refractivity contribution in [2.45, 2.75) is 0 Å². The molecule has 0 aliphatic carbocycles. The number of aromatic nitrogens is 3. The van der Waals surface area contributed by atoms with Crippen LogP contribution in [0.3, 0.4) is 0 Å². The van der Waals surface area contributed by atoms with Crippen molar-refractivity contribution in [1.82, 2.24) is 15.0 Å². The Hall–Kier alpha value is -8.05. The summed E-state index contributed by atoms with van der Waals surface area (Å²) in [4.78, 5) is 15.6. The average molecular weight is 820 g/mol. The minimum atomic E-state index is 0.692. The summed E-state index contributed by atoms with van der Waals surface area (Å²) in [7, 11) is 0. The quantitative estimate of drug-likeness (QED) is 0.150. The number of para-hydroxylation sites is 1. The highest BCUT2D eigenvalue weighted by atomic mass is 32.1. The second-order valence-electron chi connectivity index (χ2n) is 15.9.